The number of hydrogen-bond acceptors (Lipinski definition) is 2. The summed E-state index contributed by atoms with van der Waals surface area (Å²) in [6, 6.07) is 3.72. The molecular weight excluding hydrogens is 289 g/mol. The van der Waals surface area contributed by atoms with Gasteiger partial charge < -0.3 is 10.5 Å². The maximum Gasteiger partial charge on any atom is 0.138 e. The molecule has 0 saturated heterocycles. The number of hydrogen-bond donors (Lipinski definition) is 1. The fourth-order valence-corrected chi connectivity index (χ4v) is 2.40. The molecule has 5 heteroatoms. The molecule has 0 amide bonds. The van der Waals surface area contributed by atoms with Crippen LogP contribution in [0.1, 0.15) is 18.0 Å². The topological polar surface area (TPSA) is 35.2 Å². The smallest absolute Gasteiger partial charge is 0.138 e. The molecule has 0 aromatic heterocycles. The molecule has 1 aromatic carbocycles. The maximum absolute atomic E-state index is 5.92. The highest BCUT2D eigenvalue weighted by atomic mass is 79.9. The summed E-state index contributed by atoms with van der Waals surface area (Å²) in [5.74, 6) is 0.836. The van der Waals surface area contributed by atoms with Crippen LogP contribution in [0.3, 0.4) is 0 Å². The Morgan fingerprint density at radius 3 is 2.93 bits per heavy atom. The number of benzene rings is 1. The van der Waals surface area contributed by atoms with E-state index in [1.807, 2.05) is 12.1 Å². The minimum Gasteiger partial charge on any atom is -0.492 e. The van der Waals surface area contributed by atoms with Crippen molar-refractivity contribution in [2.24, 2.45) is 5.73 Å². The van der Waals surface area contributed by atoms with Crippen LogP contribution in [0.15, 0.2) is 16.6 Å². The van der Waals surface area contributed by atoms with Gasteiger partial charge in [0.1, 0.15) is 5.75 Å². The van der Waals surface area contributed by atoms with Gasteiger partial charge in [-0.1, -0.05) is 11.6 Å². The van der Waals surface area contributed by atoms with Gasteiger partial charge in [0.25, 0.3) is 0 Å². The fourth-order valence-electron chi connectivity index (χ4n) is 1.45. The third-order valence-electron chi connectivity index (χ3n) is 2.11. The second-order valence-corrected chi connectivity index (χ2v) is 4.34. The van der Waals surface area contributed by atoms with Gasteiger partial charge in [0.15, 0.2) is 0 Å². The molecule has 14 heavy (non-hydrogen) atoms. The maximum atomic E-state index is 5.92. The molecule has 0 bridgehead atoms. The molecule has 0 saturated carbocycles. The zero-order valence-corrected chi connectivity index (χ0v) is 10.5. The van der Waals surface area contributed by atoms with Gasteiger partial charge in [-0.2, -0.15) is 0 Å². The molecule has 1 aromatic rings. The van der Waals surface area contributed by atoms with Crippen molar-refractivity contribution in [3.8, 4) is 5.75 Å². The van der Waals surface area contributed by atoms with Gasteiger partial charge in [-0.3, -0.25) is 0 Å². The van der Waals surface area contributed by atoms with Crippen LogP contribution in [0.25, 0.3) is 0 Å². The van der Waals surface area contributed by atoms with E-state index in [1.54, 1.807) is 0 Å². The Hall–Kier alpha value is 0.0400. The Bertz CT molecular complexity index is 346. The first kappa shape index (κ1) is 12.1. The van der Waals surface area contributed by atoms with Crippen LogP contribution in [0.4, 0.5) is 0 Å². The van der Waals surface area contributed by atoms with Gasteiger partial charge in [0.05, 0.1) is 11.1 Å². The summed E-state index contributed by atoms with van der Waals surface area (Å²) in [4.78, 5) is 0. The van der Waals surface area contributed by atoms with Crippen molar-refractivity contribution in [2.75, 3.05) is 6.61 Å². The molecule has 0 fully saturated rings. The van der Waals surface area contributed by atoms with Crippen molar-refractivity contribution < 1.29 is 4.74 Å². The third kappa shape index (κ3) is 2.16. The Labute approximate surface area is 102 Å². The summed E-state index contributed by atoms with van der Waals surface area (Å²) >= 11 is 9.30. The Balaban J connectivity index is 0.000000980. The average molecular weight is 299 g/mol. The van der Waals surface area contributed by atoms with E-state index in [0.717, 1.165) is 22.2 Å². The lowest BCUT2D eigenvalue weighted by molar-refractivity contribution is 0.267. The number of ether oxygens (including phenoxy) is 1. The minimum absolute atomic E-state index is 0. The van der Waals surface area contributed by atoms with Crippen LogP contribution in [0.5, 0.6) is 5.75 Å². The summed E-state index contributed by atoms with van der Waals surface area (Å²) in [6.07, 6.45) is 0.847. The van der Waals surface area contributed by atoms with Crippen LogP contribution < -0.4 is 10.5 Å². The van der Waals surface area contributed by atoms with E-state index in [1.165, 1.54) is 0 Å². The minimum atomic E-state index is 0. The molecule has 0 radical (unpaired) electrons. The Morgan fingerprint density at radius 1 is 1.50 bits per heavy atom. The third-order valence-corrected chi connectivity index (χ3v) is 2.92. The standard InChI is InChI=1S/C9H9BrClNO.ClH/c10-7-4-5(11)3-6-8(12)1-2-13-9(6)7;/h3-4,8H,1-2,12H2;1H/t8-;/m0./s1. The lowest BCUT2D eigenvalue weighted by Gasteiger charge is -2.24. The summed E-state index contributed by atoms with van der Waals surface area (Å²) in [6.45, 7) is 0.675. The monoisotopic (exact) mass is 297 g/mol. The molecule has 2 nitrogen and oxygen atoms in total. The lowest BCUT2D eigenvalue weighted by atomic mass is 10.0. The SMILES string of the molecule is Cl.N[C@H]1CCOc2c(Br)cc(Cl)cc21. The second kappa shape index (κ2) is 4.71. The molecule has 0 spiro atoms. The van der Waals surface area contributed by atoms with E-state index in [9.17, 15) is 0 Å². The fraction of sp³-hybridized carbons (Fsp3) is 0.333. The molecule has 2 N–H and O–H groups in total. The van der Waals surface area contributed by atoms with Crippen LogP contribution in [0.2, 0.25) is 5.02 Å². The summed E-state index contributed by atoms with van der Waals surface area (Å²) in [5.41, 5.74) is 6.92. The molecule has 0 aliphatic carbocycles. The van der Waals surface area contributed by atoms with Crippen molar-refractivity contribution in [3.63, 3.8) is 0 Å². The average Bonchev–Trinajstić information content (AvgIpc) is 2.07. The van der Waals surface area contributed by atoms with Gasteiger partial charge >= 0.3 is 0 Å². The normalized spacial score (nSPS) is 19.2. The molecular formula is C9H10BrCl2NO. The highest BCUT2D eigenvalue weighted by molar-refractivity contribution is 9.10. The predicted molar refractivity (Wildman–Crippen MR) is 63.4 cm³/mol. The van der Waals surface area contributed by atoms with Gasteiger partial charge in [-0.15, -0.1) is 12.4 Å². The number of rotatable bonds is 0. The first-order valence-electron chi connectivity index (χ1n) is 4.06. The largest absolute Gasteiger partial charge is 0.492 e. The predicted octanol–water partition coefficient (Wildman–Crippen LogP) is 3.31. The van der Waals surface area contributed by atoms with E-state index >= 15 is 0 Å². The van der Waals surface area contributed by atoms with E-state index in [2.05, 4.69) is 15.9 Å². The molecule has 0 unspecified atom stereocenters. The van der Waals surface area contributed by atoms with Gasteiger partial charge in [-0.05, 0) is 28.1 Å². The molecule has 1 aliphatic rings. The Morgan fingerprint density at radius 2 is 2.21 bits per heavy atom. The van der Waals surface area contributed by atoms with Gasteiger partial charge in [0, 0.05) is 23.0 Å². The molecule has 78 valence electrons. The number of fused-ring (bicyclic) bond motifs is 1. The lowest BCUT2D eigenvalue weighted by Crippen LogP contribution is -2.20. The first-order valence-corrected chi connectivity index (χ1v) is 5.23. The highest BCUT2D eigenvalue weighted by Crippen LogP contribution is 2.38. The number of nitrogens with two attached hydrogens (primary N) is 1. The summed E-state index contributed by atoms with van der Waals surface area (Å²) in [5, 5.41) is 0.687. The summed E-state index contributed by atoms with van der Waals surface area (Å²) in [7, 11) is 0. The van der Waals surface area contributed by atoms with Crippen molar-refractivity contribution in [3.05, 3.63) is 27.2 Å². The summed E-state index contributed by atoms with van der Waals surface area (Å²) < 4.78 is 6.37. The molecule has 1 atom stereocenters. The Kier molecular flexibility index (Phi) is 4.07. The van der Waals surface area contributed by atoms with Crippen molar-refractivity contribution >= 4 is 39.9 Å². The van der Waals surface area contributed by atoms with Crippen LogP contribution in [0, 0.1) is 0 Å². The van der Waals surface area contributed by atoms with Gasteiger partial charge in [0.2, 0.25) is 0 Å². The van der Waals surface area contributed by atoms with E-state index in [4.69, 9.17) is 22.1 Å². The number of halogens is 3. The van der Waals surface area contributed by atoms with E-state index in [-0.39, 0.29) is 18.4 Å². The highest BCUT2D eigenvalue weighted by Gasteiger charge is 2.20. The van der Waals surface area contributed by atoms with Gasteiger partial charge in [-0.25, -0.2) is 0 Å². The second-order valence-electron chi connectivity index (χ2n) is 3.05. The van der Waals surface area contributed by atoms with E-state index < -0.39 is 0 Å². The van der Waals surface area contributed by atoms with Crippen molar-refractivity contribution in [1.29, 1.82) is 0 Å². The van der Waals surface area contributed by atoms with Crippen LogP contribution in [-0.2, 0) is 0 Å². The first-order chi connectivity index (χ1) is 6.18. The molecule has 1 heterocycles. The zero-order chi connectivity index (χ0) is 9.42. The van der Waals surface area contributed by atoms with Crippen LogP contribution >= 0.6 is 39.9 Å². The van der Waals surface area contributed by atoms with Crippen molar-refractivity contribution in [2.45, 2.75) is 12.5 Å². The molecule has 1 aliphatic heterocycles. The zero-order valence-electron chi connectivity index (χ0n) is 7.30. The van der Waals surface area contributed by atoms with Crippen molar-refractivity contribution in [1.82, 2.24) is 0 Å². The van der Waals surface area contributed by atoms with Crippen LogP contribution in [-0.4, -0.2) is 6.61 Å². The van der Waals surface area contributed by atoms with E-state index in [0.29, 0.717) is 11.6 Å². The molecule has 2 rings (SSSR count). The quantitative estimate of drug-likeness (QED) is 0.797.